The lowest BCUT2D eigenvalue weighted by molar-refractivity contribution is -0.118. The first-order valence-electron chi connectivity index (χ1n) is 6.64. The Labute approximate surface area is 126 Å². The van der Waals surface area contributed by atoms with Crippen LogP contribution in [0.5, 0.6) is 0 Å². The Bertz CT molecular complexity index is 508. The van der Waals surface area contributed by atoms with Gasteiger partial charge in [-0.25, -0.2) is 0 Å². The zero-order chi connectivity index (χ0) is 13.4. The van der Waals surface area contributed by atoms with E-state index in [0.717, 1.165) is 16.7 Å². The fraction of sp³-hybridized carbons (Fsp3) is 0.500. The van der Waals surface area contributed by atoms with Gasteiger partial charge in [0.05, 0.1) is 11.1 Å². The molecule has 3 rings (SSSR count). The van der Waals surface area contributed by atoms with Gasteiger partial charge in [0.15, 0.2) is 0 Å². The first-order valence-corrected chi connectivity index (χ1v) is 7.81. The molecule has 1 saturated carbocycles. The molecule has 19 heavy (non-hydrogen) atoms. The Balaban J connectivity index is 1.69. The molecule has 1 heterocycles. The second kappa shape index (κ2) is 5.43. The average Bonchev–Trinajstić information content (AvgIpc) is 2.95. The number of carbonyl (C=O) groups is 1. The van der Waals surface area contributed by atoms with E-state index < -0.39 is 0 Å². The number of hydrogen-bond acceptors (Lipinski definition) is 2. The van der Waals surface area contributed by atoms with E-state index in [4.69, 9.17) is 11.6 Å². The summed E-state index contributed by atoms with van der Waals surface area (Å²) in [5.41, 5.74) is 0.782. The quantitative estimate of drug-likeness (QED) is 0.864. The lowest BCUT2D eigenvalue weighted by Crippen LogP contribution is -2.39. The summed E-state index contributed by atoms with van der Waals surface area (Å²) < 4.78 is 0.796. The molecule has 3 nitrogen and oxygen atoms in total. The summed E-state index contributed by atoms with van der Waals surface area (Å²) in [7, 11) is 0. The lowest BCUT2D eigenvalue weighted by atomic mass is 9.93. The second-order valence-corrected chi connectivity index (χ2v) is 6.62. The highest BCUT2D eigenvalue weighted by molar-refractivity contribution is 9.10. The van der Waals surface area contributed by atoms with Gasteiger partial charge < -0.3 is 10.6 Å². The fourth-order valence-electron chi connectivity index (χ4n) is 3.27. The van der Waals surface area contributed by atoms with Crippen molar-refractivity contribution in [1.29, 1.82) is 0 Å². The number of hydrogen-bond donors (Lipinski definition) is 2. The van der Waals surface area contributed by atoms with Crippen molar-refractivity contribution in [1.82, 2.24) is 5.32 Å². The third kappa shape index (κ3) is 2.67. The summed E-state index contributed by atoms with van der Waals surface area (Å²) in [6.45, 7) is 0.979. The molecule has 2 fully saturated rings. The van der Waals surface area contributed by atoms with Crippen LogP contribution in [0.2, 0.25) is 5.02 Å². The van der Waals surface area contributed by atoms with Crippen molar-refractivity contribution in [2.24, 2.45) is 11.8 Å². The smallest absolute Gasteiger partial charge is 0.241 e. The molecule has 2 aliphatic rings. The lowest BCUT2D eigenvalue weighted by Gasteiger charge is -2.18. The van der Waals surface area contributed by atoms with E-state index in [1.165, 1.54) is 19.3 Å². The van der Waals surface area contributed by atoms with Gasteiger partial charge in [-0.3, -0.25) is 4.79 Å². The molecule has 0 aromatic heterocycles. The maximum Gasteiger partial charge on any atom is 0.241 e. The summed E-state index contributed by atoms with van der Waals surface area (Å²) in [6.07, 6.45) is 3.68. The molecule has 1 aromatic carbocycles. The van der Waals surface area contributed by atoms with Crippen LogP contribution in [-0.4, -0.2) is 18.5 Å². The van der Waals surface area contributed by atoms with E-state index >= 15 is 0 Å². The van der Waals surface area contributed by atoms with Crippen molar-refractivity contribution in [3.63, 3.8) is 0 Å². The van der Waals surface area contributed by atoms with E-state index in [9.17, 15) is 4.79 Å². The topological polar surface area (TPSA) is 41.1 Å². The Morgan fingerprint density at radius 2 is 2.26 bits per heavy atom. The molecule has 1 aromatic rings. The molecule has 0 bridgehead atoms. The monoisotopic (exact) mass is 342 g/mol. The summed E-state index contributed by atoms with van der Waals surface area (Å²) in [5, 5.41) is 6.98. The minimum absolute atomic E-state index is 0.0399. The minimum atomic E-state index is -0.0399. The maximum atomic E-state index is 12.3. The number of amides is 1. The van der Waals surface area contributed by atoms with E-state index in [1.54, 1.807) is 6.07 Å². The highest BCUT2D eigenvalue weighted by atomic mass is 79.9. The van der Waals surface area contributed by atoms with E-state index in [2.05, 4.69) is 26.6 Å². The largest absolute Gasteiger partial charge is 0.325 e. The summed E-state index contributed by atoms with van der Waals surface area (Å²) in [5.74, 6) is 1.27. The number of carbonyl (C=O) groups excluding carboxylic acids is 1. The molecule has 3 unspecified atom stereocenters. The van der Waals surface area contributed by atoms with Crippen molar-refractivity contribution >= 4 is 39.1 Å². The zero-order valence-electron chi connectivity index (χ0n) is 10.5. The Kier molecular flexibility index (Phi) is 3.83. The molecule has 0 spiro atoms. The van der Waals surface area contributed by atoms with E-state index in [0.29, 0.717) is 16.9 Å². The van der Waals surface area contributed by atoms with Gasteiger partial charge in [0.2, 0.25) is 5.91 Å². The molecule has 5 heteroatoms. The van der Waals surface area contributed by atoms with Crippen LogP contribution in [0.25, 0.3) is 0 Å². The normalized spacial score (nSPS) is 29.3. The molecule has 3 atom stereocenters. The molecule has 1 saturated heterocycles. The molecule has 0 radical (unpaired) electrons. The van der Waals surface area contributed by atoms with Gasteiger partial charge >= 0.3 is 0 Å². The van der Waals surface area contributed by atoms with Crippen molar-refractivity contribution in [3.8, 4) is 0 Å². The van der Waals surface area contributed by atoms with Crippen LogP contribution >= 0.6 is 27.5 Å². The number of fused-ring (bicyclic) bond motifs is 1. The molecule has 1 aliphatic carbocycles. The number of nitrogens with one attached hydrogen (secondary N) is 2. The molecule has 1 aliphatic heterocycles. The van der Waals surface area contributed by atoms with Gasteiger partial charge in [0.25, 0.3) is 0 Å². The Hall–Kier alpha value is -0.580. The highest BCUT2D eigenvalue weighted by Crippen LogP contribution is 2.38. The van der Waals surface area contributed by atoms with Gasteiger partial charge in [0.1, 0.15) is 0 Å². The van der Waals surface area contributed by atoms with Gasteiger partial charge in [-0.15, -0.1) is 0 Å². The molecule has 2 N–H and O–H groups in total. The van der Waals surface area contributed by atoms with Crippen LogP contribution < -0.4 is 10.6 Å². The van der Waals surface area contributed by atoms with Crippen LogP contribution in [0.3, 0.4) is 0 Å². The first-order chi connectivity index (χ1) is 9.15. The number of benzene rings is 1. The fourth-order valence-corrected chi connectivity index (χ4v) is 3.76. The first kappa shape index (κ1) is 13.4. The number of rotatable bonds is 2. The van der Waals surface area contributed by atoms with Gasteiger partial charge in [-0.2, -0.15) is 0 Å². The third-order valence-corrected chi connectivity index (χ3v) is 5.43. The highest BCUT2D eigenvalue weighted by Gasteiger charge is 2.42. The van der Waals surface area contributed by atoms with Gasteiger partial charge in [-0.05, 0) is 65.4 Å². The Morgan fingerprint density at radius 1 is 1.42 bits per heavy atom. The standard InChI is InChI=1S/C14H16BrClN2O/c15-11-6-9(4-5-12(11)16)18-14(19)13-10-3-1-2-8(10)7-17-13/h4-6,8,10,13,17H,1-3,7H2,(H,18,19). The van der Waals surface area contributed by atoms with Crippen LogP contribution in [0.1, 0.15) is 19.3 Å². The number of anilines is 1. The SMILES string of the molecule is O=C(Nc1ccc(Cl)c(Br)c1)C1NCC2CCCC21. The molecule has 102 valence electrons. The predicted molar refractivity (Wildman–Crippen MR) is 80.4 cm³/mol. The van der Waals surface area contributed by atoms with Crippen LogP contribution in [0.15, 0.2) is 22.7 Å². The third-order valence-electron chi connectivity index (χ3n) is 4.22. The second-order valence-electron chi connectivity index (χ2n) is 5.36. The average molecular weight is 344 g/mol. The van der Waals surface area contributed by atoms with Gasteiger partial charge in [0, 0.05) is 10.2 Å². The summed E-state index contributed by atoms with van der Waals surface area (Å²) in [4.78, 5) is 12.3. The predicted octanol–water partition coefficient (Wildman–Crippen LogP) is 3.43. The Morgan fingerprint density at radius 3 is 3.05 bits per heavy atom. The summed E-state index contributed by atoms with van der Waals surface area (Å²) in [6, 6.07) is 5.40. The molecular formula is C14H16BrClN2O. The van der Waals surface area contributed by atoms with Crippen LogP contribution in [0.4, 0.5) is 5.69 Å². The van der Waals surface area contributed by atoms with Crippen LogP contribution in [0, 0.1) is 11.8 Å². The maximum absolute atomic E-state index is 12.3. The molecule has 1 amide bonds. The number of halogens is 2. The summed E-state index contributed by atoms with van der Waals surface area (Å²) >= 11 is 9.31. The zero-order valence-corrected chi connectivity index (χ0v) is 12.8. The van der Waals surface area contributed by atoms with Crippen molar-refractivity contribution < 1.29 is 4.79 Å². The van der Waals surface area contributed by atoms with Crippen molar-refractivity contribution in [3.05, 3.63) is 27.7 Å². The van der Waals surface area contributed by atoms with Crippen molar-refractivity contribution in [2.75, 3.05) is 11.9 Å². The van der Waals surface area contributed by atoms with Crippen LogP contribution in [-0.2, 0) is 4.79 Å². The minimum Gasteiger partial charge on any atom is -0.325 e. The van der Waals surface area contributed by atoms with E-state index in [-0.39, 0.29) is 11.9 Å². The van der Waals surface area contributed by atoms with Crippen molar-refractivity contribution in [2.45, 2.75) is 25.3 Å². The van der Waals surface area contributed by atoms with Gasteiger partial charge in [-0.1, -0.05) is 18.0 Å². The molecular weight excluding hydrogens is 328 g/mol. The van der Waals surface area contributed by atoms with E-state index in [1.807, 2.05) is 12.1 Å².